The molecule has 0 fully saturated rings. The highest BCUT2D eigenvalue weighted by molar-refractivity contribution is 14.1. The number of aliphatic hydroxyl groups is 2. The van der Waals surface area contributed by atoms with Crippen LogP contribution in [0.2, 0.25) is 0 Å². The van der Waals surface area contributed by atoms with Crippen molar-refractivity contribution in [2.45, 2.75) is 50.9 Å². The minimum Gasteiger partial charge on any atom is -0.504 e. The molecular formula is C21H29IO6S. The molecule has 1 heterocycles. The molecule has 3 N–H and O–H groups in total. The van der Waals surface area contributed by atoms with Gasteiger partial charge >= 0.3 is 0 Å². The molecule has 162 valence electrons. The number of sulfone groups is 1. The van der Waals surface area contributed by atoms with Crippen molar-refractivity contribution < 1.29 is 28.5 Å². The van der Waals surface area contributed by atoms with Crippen LogP contribution in [0.15, 0.2) is 28.9 Å². The first-order valence-corrected chi connectivity index (χ1v) is 12.4. The Morgan fingerprint density at radius 3 is 2.66 bits per heavy atom. The summed E-state index contributed by atoms with van der Waals surface area (Å²) in [5.41, 5.74) is 3.10. The summed E-state index contributed by atoms with van der Waals surface area (Å²) in [5.74, 6) is 0.410. The Bertz CT molecular complexity index is 904. The Kier molecular flexibility index (Phi) is 8.57. The standard InChI is InChI=1S/C21H29IO6S/c1-4-5-14(8-15-9-16(22)21(25)18(10-15)28-3)6-7-17(24)20-13(2)12-29(26,27)19(20)11-23/h8-10,17,19,23-25H,4-7,11-12H2,1-3H3/b14-8+/t17-,19+/m1/s1. The lowest BCUT2D eigenvalue weighted by Gasteiger charge is -2.19. The predicted octanol–water partition coefficient (Wildman–Crippen LogP) is 3.44. The highest BCUT2D eigenvalue weighted by atomic mass is 127. The van der Waals surface area contributed by atoms with E-state index in [0.717, 1.165) is 24.0 Å². The Morgan fingerprint density at radius 1 is 1.38 bits per heavy atom. The van der Waals surface area contributed by atoms with Gasteiger partial charge in [0.05, 0.1) is 29.1 Å². The number of hydrogen-bond donors (Lipinski definition) is 3. The lowest BCUT2D eigenvalue weighted by atomic mass is 9.94. The fraction of sp³-hybridized carbons (Fsp3) is 0.524. The molecule has 0 saturated carbocycles. The van der Waals surface area contributed by atoms with Crippen LogP contribution in [0.5, 0.6) is 11.5 Å². The Balaban J connectivity index is 2.21. The Hall–Kier alpha value is -1.10. The quantitative estimate of drug-likeness (QED) is 0.330. The summed E-state index contributed by atoms with van der Waals surface area (Å²) in [6, 6.07) is 3.63. The van der Waals surface area contributed by atoms with Gasteiger partial charge in [-0.1, -0.05) is 30.6 Å². The number of halogens is 1. The summed E-state index contributed by atoms with van der Waals surface area (Å²) in [6.45, 7) is 3.28. The molecule has 0 bridgehead atoms. The van der Waals surface area contributed by atoms with E-state index in [1.54, 1.807) is 13.0 Å². The van der Waals surface area contributed by atoms with Crippen LogP contribution in [0.1, 0.15) is 45.1 Å². The van der Waals surface area contributed by atoms with Crippen molar-refractivity contribution in [3.05, 3.63) is 38.0 Å². The fourth-order valence-corrected chi connectivity index (χ4v) is 6.37. The molecule has 0 spiro atoms. The number of phenolic OH excluding ortho intramolecular Hbond substituents is 1. The number of phenols is 1. The summed E-state index contributed by atoms with van der Waals surface area (Å²) in [4.78, 5) is 0. The zero-order valence-corrected chi connectivity index (χ0v) is 20.0. The monoisotopic (exact) mass is 536 g/mol. The molecule has 1 aromatic rings. The summed E-state index contributed by atoms with van der Waals surface area (Å²) < 4.78 is 30.2. The van der Waals surface area contributed by atoms with Crippen molar-refractivity contribution in [3.8, 4) is 11.5 Å². The van der Waals surface area contributed by atoms with Crippen LogP contribution in [0.4, 0.5) is 0 Å². The number of methoxy groups -OCH3 is 1. The summed E-state index contributed by atoms with van der Waals surface area (Å²) >= 11 is 2.05. The van der Waals surface area contributed by atoms with Gasteiger partial charge in [-0.2, -0.15) is 0 Å². The molecule has 0 aliphatic carbocycles. The highest BCUT2D eigenvalue weighted by Crippen LogP contribution is 2.35. The average molecular weight is 536 g/mol. The third-order valence-electron chi connectivity index (χ3n) is 5.17. The normalized spacial score (nSPS) is 20.2. The average Bonchev–Trinajstić information content (AvgIpc) is 2.89. The number of hydrogen-bond acceptors (Lipinski definition) is 6. The van der Waals surface area contributed by atoms with Gasteiger partial charge in [0.15, 0.2) is 21.3 Å². The number of aromatic hydroxyl groups is 1. The van der Waals surface area contributed by atoms with E-state index in [0.29, 0.717) is 33.3 Å². The molecule has 1 aromatic carbocycles. The van der Waals surface area contributed by atoms with E-state index in [2.05, 4.69) is 29.5 Å². The maximum absolute atomic E-state index is 12.2. The number of allylic oxidation sites excluding steroid dienone is 1. The maximum Gasteiger partial charge on any atom is 0.171 e. The highest BCUT2D eigenvalue weighted by Gasteiger charge is 2.39. The first-order chi connectivity index (χ1) is 13.6. The zero-order valence-electron chi connectivity index (χ0n) is 17.0. The molecule has 0 aromatic heterocycles. The second-order valence-corrected chi connectivity index (χ2v) is 10.7. The molecule has 0 unspecified atom stereocenters. The van der Waals surface area contributed by atoms with Crippen molar-refractivity contribution in [1.82, 2.24) is 0 Å². The number of rotatable bonds is 9. The van der Waals surface area contributed by atoms with E-state index in [1.807, 2.05) is 12.1 Å². The summed E-state index contributed by atoms with van der Waals surface area (Å²) in [5, 5.41) is 29.2. The van der Waals surface area contributed by atoms with Gasteiger partial charge in [0.25, 0.3) is 0 Å². The van der Waals surface area contributed by atoms with E-state index < -0.39 is 27.8 Å². The SMILES string of the molecule is CCC/C(=C\c1cc(I)c(O)c(OC)c1)CC[C@@H](O)C1=C(C)CS(=O)(=O)[C@H]1CO. The molecule has 8 heteroatoms. The lowest BCUT2D eigenvalue weighted by Crippen LogP contribution is -2.29. The van der Waals surface area contributed by atoms with E-state index >= 15 is 0 Å². The molecule has 2 atom stereocenters. The van der Waals surface area contributed by atoms with Crippen molar-refractivity contribution >= 4 is 38.5 Å². The van der Waals surface area contributed by atoms with Crippen molar-refractivity contribution in [2.24, 2.45) is 0 Å². The number of benzene rings is 1. The van der Waals surface area contributed by atoms with Gasteiger partial charge in [0, 0.05) is 0 Å². The maximum atomic E-state index is 12.2. The van der Waals surface area contributed by atoms with Crippen molar-refractivity contribution in [1.29, 1.82) is 0 Å². The largest absolute Gasteiger partial charge is 0.504 e. The Labute approximate surface area is 186 Å². The molecule has 1 aliphatic heterocycles. The minimum atomic E-state index is -3.43. The minimum absolute atomic E-state index is 0.103. The third kappa shape index (κ3) is 5.74. The smallest absolute Gasteiger partial charge is 0.171 e. The van der Waals surface area contributed by atoms with Crippen LogP contribution in [0.25, 0.3) is 6.08 Å². The van der Waals surface area contributed by atoms with Gasteiger partial charge in [-0.25, -0.2) is 8.42 Å². The van der Waals surface area contributed by atoms with Crippen LogP contribution < -0.4 is 4.74 Å². The van der Waals surface area contributed by atoms with Crippen molar-refractivity contribution in [3.63, 3.8) is 0 Å². The van der Waals surface area contributed by atoms with E-state index in [9.17, 15) is 23.7 Å². The molecular weight excluding hydrogens is 507 g/mol. The Morgan fingerprint density at radius 2 is 2.07 bits per heavy atom. The van der Waals surface area contributed by atoms with Gasteiger partial charge in [-0.3, -0.25) is 0 Å². The van der Waals surface area contributed by atoms with Crippen LogP contribution in [-0.2, 0) is 9.84 Å². The van der Waals surface area contributed by atoms with Gasteiger partial charge < -0.3 is 20.1 Å². The molecule has 1 aliphatic rings. The number of aliphatic hydroxyl groups excluding tert-OH is 2. The van der Waals surface area contributed by atoms with E-state index in [-0.39, 0.29) is 11.5 Å². The van der Waals surface area contributed by atoms with Gasteiger partial charge in [-0.05, 0) is 72.0 Å². The summed E-state index contributed by atoms with van der Waals surface area (Å²) in [6.07, 6.45) is 3.88. The van der Waals surface area contributed by atoms with Gasteiger partial charge in [0.1, 0.15) is 5.25 Å². The van der Waals surface area contributed by atoms with Crippen LogP contribution >= 0.6 is 22.6 Å². The second-order valence-electron chi connectivity index (χ2n) is 7.37. The molecule has 0 radical (unpaired) electrons. The molecule has 0 saturated heterocycles. The molecule has 0 amide bonds. The lowest BCUT2D eigenvalue weighted by molar-refractivity contribution is 0.188. The predicted molar refractivity (Wildman–Crippen MR) is 123 cm³/mol. The molecule has 2 rings (SSSR count). The molecule has 29 heavy (non-hydrogen) atoms. The van der Waals surface area contributed by atoms with Gasteiger partial charge in [-0.15, -0.1) is 0 Å². The van der Waals surface area contributed by atoms with Gasteiger partial charge in [0.2, 0.25) is 0 Å². The van der Waals surface area contributed by atoms with E-state index in [4.69, 9.17) is 4.74 Å². The first-order valence-electron chi connectivity index (χ1n) is 9.60. The van der Waals surface area contributed by atoms with E-state index in [1.165, 1.54) is 7.11 Å². The topological polar surface area (TPSA) is 104 Å². The second kappa shape index (κ2) is 10.3. The van der Waals surface area contributed by atoms with Crippen LogP contribution in [0.3, 0.4) is 0 Å². The third-order valence-corrected chi connectivity index (χ3v) is 8.09. The van der Waals surface area contributed by atoms with Crippen LogP contribution in [-0.4, -0.2) is 54.6 Å². The van der Waals surface area contributed by atoms with Crippen LogP contribution in [0, 0.1) is 3.57 Å². The molecule has 6 nitrogen and oxygen atoms in total. The first kappa shape index (κ1) is 24.2. The number of ether oxygens (including phenoxy) is 1. The zero-order chi connectivity index (χ0) is 21.8. The summed E-state index contributed by atoms with van der Waals surface area (Å²) in [7, 11) is -1.93. The van der Waals surface area contributed by atoms with Crippen molar-refractivity contribution in [2.75, 3.05) is 19.5 Å². The fourth-order valence-electron chi connectivity index (χ4n) is 3.80.